The highest BCUT2D eigenvalue weighted by Crippen LogP contribution is 2.29. The number of nitro groups is 1. The van der Waals surface area contributed by atoms with Gasteiger partial charge in [-0.15, -0.1) is 16.4 Å². The first-order valence-corrected chi connectivity index (χ1v) is 9.45. The molecule has 0 spiro atoms. The molecule has 3 aromatic rings. The van der Waals surface area contributed by atoms with Crippen LogP contribution in [0.1, 0.15) is 6.92 Å². The number of aromatic amines is 1. The Labute approximate surface area is 161 Å². The molecule has 0 radical (unpaired) electrons. The lowest BCUT2D eigenvalue weighted by Gasteiger charge is -2.11. The van der Waals surface area contributed by atoms with Crippen molar-refractivity contribution in [3.8, 4) is 10.7 Å². The number of amides is 1. The van der Waals surface area contributed by atoms with Crippen LogP contribution < -0.4 is 5.32 Å². The van der Waals surface area contributed by atoms with E-state index < -0.39 is 10.2 Å². The van der Waals surface area contributed by atoms with Gasteiger partial charge in [0.2, 0.25) is 11.1 Å². The molecule has 1 aromatic carbocycles. The summed E-state index contributed by atoms with van der Waals surface area (Å²) in [4.78, 5) is 27.8. The Kier molecular flexibility index (Phi) is 5.55. The summed E-state index contributed by atoms with van der Waals surface area (Å²) in [6, 6.07) is 7.71. The normalized spacial score (nSPS) is 11.9. The smallest absolute Gasteiger partial charge is 0.271 e. The van der Waals surface area contributed by atoms with Crippen molar-refractivity contribution in [2.75, 3.05) is 5.32 Å². The molecule has 0 fully saturated rings. The lowest BCUT2D eigenvalue weighted by molar-refractivity contribution is -0.384. The number of nitro benzene ring substituents is 1. The minimum Gasteiger partial charge on any atom is -0.324 e. The van der Waals surface area contributed by atoms with Crippen LogP contribution in [0.4, 0.5) is 11.4 Å². The number of H-pyrrole nitrogens is 1. The van der Waals surface area contributed by atoms with Gasteiger partial charge in [-0.3, -0.25) is 20.0 Å². The molecular formula is C15H12ClN5O3S2. The third-order valence-corrected chi connectivity index (χ3v) is 5.44. The van der Waals surface area contributed by atoms with Crippen molar-refractivity contribution in [2.45, 2.75) is 17.3 Å². The number of nitrogens with one attached hydrogen (secondary N) is 2. The largest absolute Gasteiger partial charge is 0.324 e. The Morgan fingerprint density at radius 2 is 2.27 bits per heavy atom. The van der Waals surface area contributed by atoms with E-state index in [2.05, 4.69) is 20.5 Å². The molecule has 1 atom stereocenters. The monoisotopic (exact) mass is 409 g/mol. The van der Waals surface area contributed by atoms with E-state index in [-0.39, 0.29) is 16.6 Å². The molecule has 1 unspecified atom stereocenters. The molecular weight excluding hydrogens is 398 g/mol. The zero-order chi connectivity index (χ0) is 18.7. The van der Waals surface area contributed by atoms with Crippen LogP contribution in [-0.4, -0.2) is 31.3 Å². The van der Waals surface area contributed by atoms with Gasteiger partial charge in [-0.05, 0) is 24.4 Å². The van der Waals surface area contributed by atoms with Gasteiger partial charge in [0.05, 0.1) is 25.8 Å². The molecule has 0 saturated carbocycles. The second-order valence-corrected chi connectivity index (χ2v) is 7.78. The fourth-order valence-electron chi connectivity index (χ4n) is 1.99. The van der Waals surface area contributed by atoms with Crippen molar-refractivity contribution in [3.63, 3.8) is 0 Å². The van der Waals surface area contributed by atoms with Crippen molar-refractivity contribution < 1.29 is 9.72 Å². The van der Waals surface area contributed by atoms with E-state index in [0.717, 1.165) is 4.88 Å². The second kappa shape index (κ2) is 7.85. The number of aromatic nitrogens is 3. The summed E-state index contributed by atoms with van der Waals surface area (Å²) in [5, 5.41) is 22.3. The summed E-state index contributed by atoms with van der Waals surface area (Å²) in [6.45, 7) is 1.71. The van der Waals surface area contributed by atoms with E-state index in [1.165, 1.54) is 41.3 Å². The quantitative estimate of drug-likeness (QED) is 0.358. The van der Waals surface area contributed by atoms with Crippen molar-refractivity contribution >= 4 is 52.0 Å². The van der Waals surface area contributed by atoms with E-state index in [0.29, 0.717) is 16.7 Å². The predicted octanol–water partition coefficient (Wildman–Crippen LogP) is 4.21. The van der Waals surface area contributed by atoms with Crippen molar-refractivity contribution in [1.82, 2.24) is 15.2 Å². The van der Waals surface area contributed by atoms with Crippen LogP contribution in [0, 0.1) is 10.1 Å². The number of thioether (sulfide) groups is 1. The van der Waals surface area contributed by atoms with Gasteiger partial charge < -0.3 is 5.32 Å². The van der Waals surface area contributed by atoms with Crippen molar-refractivity contribution in [2.24, 2.45) is 0 Å². The lowest BCUT2D eigenvalue weighted by Crippen LogP contribution is -2.22. The molecule has 11 heteroatoms. The molecule has 8 nitrogen and oxygen atoms in total. The van der Waals surface area contributed by atoms with Crippen LogP contribution in [0.25, 0.3) is 10.7 Å². The third kappa shape index (κ3) is 4.21. The number of rotatable bonds is 6. The van der Waals surface area contributed by atoms with Crippen LogP contribution in [0.3, 0.4) is 0 Å². The fraction of sp³-hybridized carbons (Fsp3) is 0.133. The Hall–Kier alpha value is -2.43. The van der Waals surface area contributed by atoms with Crippen LogP contribution in [0.2, 0.25) is 5.02 Å². The van der Waals surface area contributed by atoms with Gasteiger partial charge in [-0.2, -0.15) is 0 Å². The number of nitrogens with zero attached hydrogens (tertiary/aromatic N) is 3. The maximum absolute atomic E-state index is 12.3. The average molecular weight is 410 g/mol. The molecule has 26 heavy (non-hydrogen) atoms. The average Bonchev–Trinajstić information content (AvgIpc) is 3.27. The number of halogens is 1. The van der Waals surface area contributed by atoms with E-state index in [4.69, 9.17) is 11.6 Å². The summed E-state index contributed by atoms with van der Waals surface area (Å²) in [7, 11) is 0. The maximum atomic E-state index is 12.3. The van der Waals surface area contributed by atoms with Crippen molar-refractivity contribution in [1.29, 1.82) is 0 Å². The van der Waals surface area contributed by atoms with Crippen LogP contribution in [-0.2, 0) is 4.79 Å². The van der Waals surface area contributed by atoms with E-state index >= 15 is 0 Å². The van der Waals surface area contributed by atoms with Crippen LogP contribution >= 0.6 is 34.7 Å². The molecule has 0 aliphatic heterocycles. The Bertz CT molecular complexity index is 945. The third-order valence-electron chi connectivity index (χ3n) is 3.29. The molecule has 1 amide bonds. The molecule has 0 aliphatic carbocycles. The number of anilines is 1. The highest BCUT2D eigenvalue weighted by atomic mass is 35.5. The molecule has 2 aromatic heterocycles. The van der Waals surface area contributed by atoms with E-state index in [9.17, 15) is 14.9 Å². The summed E-state index contributed by atoms with van der Waals surface area (Å²) in [5.74, 6) is 0.335. The number of benzene rings is 1. The molecule has 2 heterocycles. The minimum atomic E-state index is -0.551. The topological polar surface area (TPSA) is 114 Å². The zero-order valence-corrected chi connectivity index (χ0v) is 15.7. The summed E-state index contributed by atoms with van der Waals surface area (Å²) in [5.41, 5.74) is 0.168. The first-order valence-electron chi connectivity index (χ1n) is 7.32. The second-order valence-electron chi connectivity index (χ2n) is 5.11. The molecule has 0 aliphatic rings. The number of hydrogen-bond acceptors (Lipinski definition) is 7. The standard InChI is InChI=1S/C15H12ClN5O3S2/c1-8(26-15-18-13(19-20-15)12-3-2-6-25-12)14(22)17-11-5-4-9(21(23)24)7-10(11)16/h2-8H,1H3,(H,17,22)(H,18,19,20). The van der Waals surface area contributed by atoms with E-state index in [1.54, 1.807) is 6.92 Å². The Balaban J connectivity index is 1.64. The number of non-ortho nitro benzene ring substituents is 1. The van der Waals surface area contributed by atoms with Crippen molar-refractivity contribution in [3.05, 3.63) is 50.8 Å². The first kappa shape index (κ1) is 18.4. The Morgan fingerprint density at radius 3 is 2.92 bits per heavy atom. The highest BCUT2D eigenvalue weighted by Gasteiger charge is 2.19. The summed E-state index contributed by atoms with van der Waals surface area (Å²) in [6.07, 6.45) is 0. The van der Waals surface area contributed by atoms with E-state index in [1.807, 2.05) is 17.5 Å². The lowest BCUT2D eigenvalue weighted by atomic mass is 10.2. The van der Waals surface area contributed by atoms with Gasteiger partial charge in [0, 0.05) is 12.1 Å². The summed E-state index contributed by atoms with van der Waals surface area (Å²) >= 11 is 8.72. The Morgan fingerprint density at radius 1 is 1.46 bits per heavy atom. The van der Waals surface area contributed by atoms with Gasteiger partial charge in [-0.1, -0.05) is 29.4 Å². The minimum absolute atomic E-state index is 0.0997. The molecule has 3 rings (SSSR count). The SMILES string of the molecule is CC(Sc1n[nH]c(-c2cccs2)n1)C(=O)Nc1ccc([N+](=O)[O-])cc1Cl. The van der Waals surface area contributed by atoms with Gasteiger partial charge in [0.1, 0.15) is 0 Å². The van der Waals surface area contributed by atoms with Crippen LogP contribution in [0.5, 0.6) is 0 Å². The number of hydrogen-bond donors (Lipinski definition) is 2. The molecule has 2 N–H and O–H groups in total. The maximum Gasteiger partial charge on any atom is 0.271 e. The van der Waals surface area contributed by atoms with Gasteiger partial charge >= 0.3 is 0 Å². The first-order chi connectivity index (χ1) is 12.4. The molecule has 0 bridgehead atoms. The zero-order valence-electron chi connectivity index (χ0n) is 13.3. The summed E-state index contributed by atoms with van der Waals surface area (Å²) < 4.78 is 0. The molecule has 134 valence electrons. The molecule has 0 saturated heterocycles. The van der Waals surface area contributed by atoms with Gasteiger partial charge in [-0.25, -0.2) is 4.98 Å². The fourth-order valence-corrected chi connectivity index (χ4v) is 3.60. The highest BCUT2D eigenvalue weighted by molar-refractivity contribution is 8.00. The van der Waals surface area contributed by atoms with Gasteiger partial charge in [0.15, 0.2) is 5.82 Å². The van der Waals surface area contributed by atoms with Crippen LogP contribution in [0.15, 0.2) is 40.9 Å². The number of carbonyl (C=O) groups is 1. The van der Waals surface area contributed by atoms with Gasteiger partial charge in [0.25, 0.3) is 5.69 Å². The predicted molar refractivity (Wildman–Crippen MR) is 102 cm³/mol. The number of thiophene rings is 1. The number of carbonyl (C=O) groups excluding carboxylic acids is 1.